The van der Waals surface area contributed by atoms with Gasteiger partial charge in [0, 0.05) is 18.3 Å². The van der Waals surface area contributed by atoms with Gasteiger partial charge in [-0.25, -0.2) is 9.80 Å². The van der Waals surface area contributed by atoms with Gasteiger partial charge in [-0.05, 0) is 51.0 Å². The first-order valence-corrected chi connectivity index (χ1v) is 12.6. The Morgan fingerprint density at radius 1 is 0.975 bits per heavy atom. The number of hydrogen-bond acceptors (Lipinski definition) is 6. The molecule has 0 saturated heterocycles. The third-order valence-corrected chi connectivity index (χ3v) is 5.96. The molecule has 2 amide bonds. The second-order valence-corrected chi connectivity index (χ2v) is 10.4. The lowest BCUT2D eigenvalue weighted by molar-refractivity contribution is -0.176. The number of aliphatic hydroxyl groups is 1. The van der Waals surface area contributed by atoms with Crippen molar-refractivity contribution in [1.82, 2.24) is 20.7 Å². The van der Waals surface area contributed by atoms with Crippen LogP contribution < -0.4 is 10.7 Å². The number of hydrazine groups is 1. The van der Waals surface area contributed by atoms with E-state index in [1.807, 2.05) is 47.8 Å². The molecule has 0 saturated carbocycles. The monoisotopic (exact) mass is 558 g/mol. The second-order valence-electron chi connectivity index (χ2n) is 10.4. The van der Waals surface area contributed by atoms with Gasteiger partial charge < -0.3 is 15.2 Å². The van der Waals surface area contributed by atoms with Gasteiger partial charge in [-0.3, -0.25) is 15.2 Å². The lowest BCUT2D eigenvalue weighted by atomic mass is 9.86. The highest BCUT2D eigenvalue weighted by Gasteiger charge is 2.45. The molecule has 11 heteroatoms. The van der Waals surface area contributed by atoms with E-state index in [9.17, 15) is 27.9 Å². The van der Waals surface area contributed by atoms with E-state index in [-0.39, 0.29) is 12.1 Å². The number of carbonyl (C=O) groups excluding carboxylic acids is 2. The van der Waals surface area contributed by atoms with Crippen molar-refractivity contribution in [3.63, 3.8) is 0 Å². The molecule has 0 aliphatic carbocycles. The van der Waals surface area contributed by atoms with Crippen molar-refractivity contribution in [3.05, 3.63) is 90.1 Å². The summed E-state index contributed by atoms with van der Waals surface area (Å²) in [6.07, 6.45) is -4.28. The van der Waals surface area contributed by atoms with Crippen molar-refractivity contribution < 1.29 is 32.6 Å². The van der Waals surface area contributed by atoms with E-state index >= 15 is 0 Å². The van der Waals surface area contributed by atoms with Crippen LogP contribution in [0.3, 0.4) is 0 Å². The first-order chi connectivity index (χ1) is 18.7. The molecular weight excluding hydrogens is 525 g/mol. The standard InChI is InChI=1S/C29H33F3N4O4/c1-20(34-25(37)29(30,31)32)28(39,23-10-6-5-7-11-23)19-36(35-26(38)40-27(2,3)4)18-21-13-15-22(16-14-21)24-12-8-9-17-33-24/h5-17,20,39H,18-19H2,1-4H3,(H,34,37)(H,35,38)/t20-,28-/m0/s1. The molecule has 0 aliphatic heterocycles. The number of alkyl halides is 3. The largest absolute Gasteiger partial charge is 0.471 e. The fraction of sp³-hybridized carbons (Fsp3) is 0.345. The third kappa shape index (κ3) is 8.52. The normalized spacial score (nSPS) is 14.2. The number of pyridine rings is 1. The Kier molecular flexibility index (Phi) is 9.54. The highest BCUT2D eigenvalue weighted by atomic mass is 19.4. The number of rotatable bonds is 9. The SMILES string of the molecule is C[C@H](NC(=O)C(F)(F)F)[C@@](O)(CN(Cc1ccc(-c2ccccn2)cc1)NC(=O)OC(C)(C)C)c1ccccc1. The van der Waals surface area contributed by atoms with E-state index in [4.69, 9.17) is 4.74 Å². The molecule has 3 aromatic rings. The molecule has 1 heterocycles. The lowest BCUT2D eigenvalue weighted by Crippen LogP contribution is -2.59. The van der Waals surface area contributed by atoms with E-state index in [1.165, 1.54) is 24.1 Å². The smallest absolute Gasteiger partial charge is 0.443 e. The topological polar surface area (TPSA) is 104 Å². The van der Waals surface area contributed by atoms with Crippen molar-refractivity contribution in [3.8, 4) is 11.3 Å². The maximum atomic E-state index is 13.1. The van der Waals surface area contributed by atoms with Gasteiger partial charge in [-0.1, -0.05) is 60.7 Å². The Labute approximate surface area is 231 Å². The molecule has 3 rings (SSSR count). The lowest BCUT2D eigenvalue weighted by Gasteiger charge is -2.39. The summed E-state index contributed by atoms with van der Waals surface area (Å²) < 4.78 is 44.5. The van der Waals surface area contributed by atoms with E-state index in [0.717, 1.165) is 16.8 Å². The van der Waals surface area contributed by atoms with Gasteiger partial charge in [-0.15, -0.1) is 0 Å². The molecule has 0 unspecified atom stereocenters. The minimum atomic E-state index is -5.14. The van der Waals surface area contributed by atoms with Crippen LogP contribution >= 0.6 is 0 Å². The van der Waals surface area contributed by atoms with Gasteiger partial charge in [0.25, 0.3) is 0 Å². The number of nitrogens with zero attached hydrogens (tertiary/aromatic N) is 2. The average Bonchev–Trinajstić information content (AvgIpc) is 2.88. The van der Waals surface area contributed by atoms with Crippen LogP contribution in [0.1, 0.15) is 38.8 Å². The molecule has 0 aliphatic rings. The van der Waals surface area contributed by atoms with Crippen LogP contribution in [0.25, 0.3) is 11.3 Å². The highest BCUT2D eigenvalue weighted by Crippen LogP contribution is 2.28. The fourth-order valence-electron chi connectivity index (χ4n) is 3.99. The first kappa shape index (κ1) is 30.6. The molecule has 0 fully saturated rings. The van der Waals surface area contributed by atoms with Crippen LogP contribution in [0.15, 0.2) is 79.0 Å². The van der Waals surface area contributed by atoms with E-state index in [0.29, 0.717) is 0 Å². The van der Waals surface area contributed by atoms with Gasteiger partial charge in [0.1, 0.15) is 11.2 Å². The minimum absolute atomic E-state index is 0.0524. The molecule has 8 nitrogen and oxygen atoms in total. The molecule has 0 radical (unpaired) electrons. The van der Waals surface area contributed by atoms with Crippen LogP contribution in [0, 0.1) is 0 Å². The van der Waals surface area contributed by atoms with Crippen molar-refractivity contribution in [2.24, 2.45) is 0 Å². The van der Waals surface area contributed by atoms with Crippen LogP contribution in [0.5, 0.6) is 0 Å². The van der Waals surface area contributed by atoms with E-state index in [1.54, 1.807) is 45.2 Å². The zero-order chi connectivity index (χ0) is 29.6. The van der Waals surface area contributed by atoms with Crippen LogP contribution in [0.4, 0.5) is 18.0 Å². The zero-order valence-electron chi connectivity index (χ0n) is 22.7. The van der Waals surface area contributed by atoms with Gasteiger partial charge in [0.2, 0.25) is 0 Å². The molecular formula is C29H33F3N4O4. The highest BCUT2D eigenvalue weighted by molar-refractivity contribution is 5.82. The Morgan fingerprint density at radius 3 is 2.15 bits per heavy atom. The van der Waals surface area contributed by atoms with Crippen LogP contribution in [-0.2, 0) is 21.7 Å². The number of nitrogens with one attached hydrogen (secondary N) is 2. The Hall–Kier alpha value is -3.96. The zero-order valence-corrected chi connectivity index (χ0v) is 22.7. The summed E-state index contributed by atoms with van der Waals surface area (Å²) in [5, 5.41) is 15.0. The summed E-state index contributed by atoms with van der Waals surface area (Å²) in [4.78, 5) is 28.8. The predicted molar refractivity (Wildman–Crippen MR) is 143 cm³/mol. The molecule has 0 spiro atoms. The maximum absolute atomic E-state index is 13.1. The van der Waals surface area contributed by atoms with Gasteiger partial charge in [0.15, 0.2) is 0 Å². The second kappa shape index (κ2) is 12.5. The van der Waals surface area contributed by atoms with Gasteiger partial charge in [-0.2, -0.15) is 13.2 Å². The summed E-state index contributed by atoms with van der Waals surface area (Å²) in [5.41, 5.74) is 2.31. The predicted octanol–water partition coefficient (Wildman–Crippen LogP) is 4.95. The minimum Gasteiger partial charge on any atom is -0.443 e. The quantitative estimate of drug-likeness (QED) is 0.322. The number of hydrogen-bond donors (Lipinski definition) is 3. The number of amides is 2. The number of halogens is 3. The van der Waals surface area contributed by atoms with Crippen LogP contribution in [-0.4, -0.2) is 51.5 Å². The summed E-state index contributed by atoms with van der Waals surface area (Å²) in [6.45, 7) is 5.98. The van der Waals surface area contributed by atoms with Crippen molar-refractivity contribution >= 4 is 12.0 Å². The third-order valence-electron chi connectivity index (χ3n) is 5.96. The number of aromatic nitrogens is 1. The number of carbonyl (C=O) groups is 2. The van der Waals surface area contributed by atoms with Crippen molar-refractivity contribution in [2.75, 3.05) is 6.54 Å². The van der Waals surface area contributed by atoms with Gasteiger partial charge in [0.05, 0.1) is 18.3 Å². The molecule has 1 aromatic heterocycles. The van der Waals surface area contributed by atoms with Crippen LogP contribution in [0.2, 0.25) is 0 Å². The molecule has 3 N–H and O–H groups in total. The number of benzene rings is 2. The Morgan fingerprint density at radius 2 is 1.60 bits per heavy atom. The fourth-order valence-corrected chi connectivity index (χ4v) is 3.99. The molecule has 2 atom stereocenters. The maximum Gasteiger partial charge on any atom is 0.471 e. The molecule has 2 aromatic carbocycles. The van der Waals surface area contributed by atoms with E-state index < -0.39 is 42.0 Å². The average molecular weight is 559 g/mol. The molecule has 214 valence electrons. The molecule has 40 heavy (non-hydrogen) atoms. The summed E-state index contributed by atoms with van der Waals surface area (Å²) in [7, 11) is 0. The Bertz CT molecular complexity index is 1270. The van der Waals surface area contributed by atoms with Crippen molar-refractivity contribution in [1.29, 1.82) is 0 Å². The summed E-state index contributed by atoms with van der Waals surface area (Å²) in [6, 6.07) is 19.4. The number of ether oxygens (including phenoxy) is 1. The Balaban J connectivity index is 1.93. The summed E-state index contributed by atoms with van der Waals surface area (Å²) >= 11 is 0. The van der Waals surface area contributed by atoms with Gasteiger partial charge >= 0.3 is 18.2 Å². The van der Waals surface area contributed by atoms with Crippen molar-refractivity contribution in [2.45, 2.75) is 57.7 Å². The molecule has 0 bridgehead atoms. The first-order valence-electron chi connectivity index (χ1n) is 12.6. The summed E-state index contributed by atoms with van der Waals surface area (Å²) in [5.74, 6) is -2.19. The van der Waals surface area contributed by atoms with E-state index in [2.05, 4.69) is 10.4 Å².